The molecule has 0 fully saturated rings. The summed E-state index contributed by atoms with van der Waals surface area (Å²) in [6, 6.07) is 7.99. The lowest BCUT2D eigenvalue weighted by atomic mass is 10.3. The average Bonchev–Trinajstić information content (AvgIpc) is 2.31. The van der Waals surface area contributed by atoms with Gasteiger partial charge in [-0.2, -0.15) is 0 Å². The molecular weight excluding hydrogens is 266 g/mol. The monoisotopic (exact) mass is 286 g/mol. The van der Waals surface area contributed by atoms with E-state index >= 15 is 0 Å². The van der Waals surface area contributed by atoms with Crippen molar-refractivity contribution in [2.45, 2.75) is 20.3 Å². The fraction of sp³-hybridized carbons (Fsp3) is 0.538. The fourth-order valence-electron chi connectivity index (χ4n) is 1.67. The summed E-state index contributed by atoms with van der Waals surface area (Å²) in [5.74, 6) is 0.942. The molecule has 0 bridgehead atoms. The normalized spacial score (nSPS) is 10.8. The average molecular weight is 287 g/mol. The summed E-state index contributed by atoms with van der Waals surface area (Å²) in [5, 5.41) is 0. The zero-order chi connectivity index (χ0) is 11.8. The molecule has 0 aliphatic carbocycles. The second-order valence-corrected chi connectivity index (χ2v) is 4.69. The Morgan fingerprint density at radius 1 is 1.19 bits per heavy atom. The van der Waals surface area contributed by atoms with E-state index in [-0.39, 0.29) is 0 Å². The van der Waals surface area contributed by atoms with Crippen molar-refractivity contribution >= 4 is 15.9 Å². The standard InChI is InChI=1S/C13H20BrNO/c1-3-15(4-2)10-7-11-16-13-9-6-5-8-12(13)14/h5-6,8-9H,3-4,7,10-11H2,1-2H3/p+1. The first-order valence-corrected chi connectivity index (χ1v) is 6.78. The van der Waals surface area contributed by atoms with Gasteiger partial charge in [0, 0.05) is 6.42 Å². The maximum atomic E-state index is 5.72. The van der Waals surface area contributed by atoms with Crippen LogP contribution in [0.4, 0.5) is 0 Å². The van der Waals surface area contributed by atoms with Crippen LogP contribution in [0.5, 0.6) is 5.75 Å². The van der Waals surface area contributed by atoms with Gasteiger partial charge in [0.1, 0.15) is 5.75 Å². The Bertz CT molecular complexity index is 300. The zero-order valence-electron chi connectivity index (χ0n) is 10.1. The van der Waals surface area contributed by atoms with Gasteiger partial charge in [0.25, 0.3) is 0 Å². The Morgan fingerprint density at radius 2 is 1.88 bits per heavy atom. The number of ether oxygens (including phenoxy) is 1. The van der Waals surface area contributed by atoms with E-state index in [9.17, 15) is 0 Å². The van der Waals surface area contributed by atoms with Gasteiger partial charge < -0.3 is 9.64 Å². The topological polar surface area (TPSA) is 13.7 Å². The van der Waals surface area contributed by atoms with Gasteiger partial charge in [-0.1, -0.05) is 12.1 Å². The maximum absolute atomic E-state index is 5.72. The van der Waals surface area contributed by atoms with Crippen LogP contribution < -0.4 is 9.64 Å². The first-order valence-electron chi connectivity index (χ1n) is 5.98. The molecule has 0 spiro atoms. The molecule has 0 aromatic heterocycles. The smallest absolute Gasteiger partial charge is 0.133 e. The minimum Gasteiger partial charge on any atom is -0.492 e. The van der Waals surface area contributed by atoms with Gasteiger partial charge in [0.2, 0.25) is 0 Å². The molecular formula is C13H21BrNO+. The largest absolute Gasteiger partial charge is 0.492 e. The van der Waals surface area contributed by atoms with E-state index in [0.717, 1.165) is 23.2 Å². The zero-order valence-corrected chi connectivity index (χ0v) is 11.7. The van der Waals surface area contributed by atoms with Crippen molar-refractivity contribution in [1.82, 2.24) is 0 Å². The van der Waals surface area contributed by atoms with Crippen LogP contribution in [-0.4, -0.2) is 26.2 Å². The van der Waals surface area contributed by atoms with Crippen LogP contribution in [0, 0.1) is 0 Å². The summed E-state index contributed by atoms with van der Waals surface area (Å²) in [6.07, 6.45) is 1.11. The number of nitrogens with one attached hydrogen (secondary N) is 1. The van der Waals surface area contributed by atoms with Crippen molar-refractivity contribution < 1.29 is 9.64 Å². The predicted octanol–water partition coefficient (Wildman–Crippen LogP) is 2.14. The molecule has 0 radical (unpaired) electrons. The van der Waals surface area contributed by atoms with Crippen molar-refractivity contribution in [2.24, 2.45) is 0 Å². The van der Waals surface area contributed by atoms with Gasteiger partial charge in [0.05, 0.1) is 30.7 Å². The van der Waals surface area contributed by atoms with Crippen LogP contribution in [0.25, 0.3) is 0 Å². The highest BCUT2D eigenvalue weighted by Crippen LogP contribution is 2.23. The third kappa shape index (κ3) is 4.54. The van der Waals surface area contributed by atoms with E-state index in [1.165, 1.54) is 19.6 Å². The Hall–Kier alpha value is -0.540. The van der Waals surface area contributed by atoms with E-state index < -0.39 is 0 Å². The number of rotatable bonds is 7. The van der Waals surface area contributed by atoms with Crippen molar-refractivity contribution in [2.75, 3.05) is 26.2 Å². The third-order valence-electron chi connectivity index (χ3n) is 2.77. The Morgan fingerprint density at radius 3 is 2.50 bits per heavy atom. The summed E-state index contributed by atoms with van der Waals surface area (Å²) in [6.45, 7) is 8.85. The first kappa shape index (κ1) is 13.5. The molecule has 0 saturated carbocycles. The highest BCUT2D eigenvalue weighted by Gasteiger charge is 2.03. The van der Waals surface area contributed by atoms with Crippen LogP contribution in [0.1, 0.15) is 20.3 Å². The molecule has 2 nitrogen and oxygen atoms in total. The summed E-state index contributed by atoms with van der Waals surface area (Å²) < 4.78 is 6.75. The molecule has 3 heteroatoms. The lowest BCUT2D eigenvalue weighted by Gasteiger charge is -2.15. The van der Waals surface area contributed by atoms with Crippen molar-refractivity contribution in [3.05, 3.63) is 28.7 Å². The highest BCUT2D eigenvalue weighted by molar-refractivity contribution is 9.10. The molecule has 1 rings (SSSR count). The molecule has 0 aliphatic heterocycles. The van der Waals surface area contributed by atoms with Gasteiger partial charge >= 0.3 is 0 Å². The molecule has 0 unspecified atom stereocenters. The van der Waals surface area contributed by atoms with Crippen molar-refractivity contribution in [1.29, 1.82) is 0 Å². The van der Waals surface area contributed by atoms with E-state index in [2.05, 4.69) is 29.8 Å². The van der Waals surface area contributed by atoms with Crippen LogP contribution in [0.15, 0.2) is 28.7 Å². The maximum Gasteiger partial charge on any atom is 0.133 e. The lowest BCUT2D eigenvalue weighted by molar-refractivity contribution is -0.896. The molecule has 1 aromatic rings. The van der Waals surface area contributed by atoms with Crippen molar-refractivity contribution in [3.8, 4) is 5.75 Å². The molecule has 0 amide bonds. The number of para-hydroxylation sites is 1. The quantitative estimate of drug-likeness (QED) is 0.759. The summed E-state index contributed by atoms with van der Waals surface area (Å²) in [4.78, 5) is 1.63. The Balaban J connectivity index is 2.23. The SMILES string of the molecule is CC[NH+](CC)CCCOc1ccccc1Br. The second-order valence-electron chi connectivity index (χ2n) is 3.84. The Labute approximate surface area is 107 Å². The van der Waals surface area contributed by atoms with Crippen LogP contribution >= 0.6 is 15.9 Å². The van der Waals surface area contributed by atoms with Gasteiger partial charge in [-0.05, 0) is 41.9 Å². The molecule has 1 N–H and O–H groups in total. The Kier molecular flexibility index (Phi) is 6.50. The highest BCUT2D eigenvalue weighted by atomic mass is 79.9. The van der Waals surface area contributed by atoms with Crippen LogP contribution in [0.3, 0.4) is 0 Å². The van der Waals surface area contributed by atoms with Gasteiger partial charge in [0.15, 0.2) is 0 Å². The molecule has 90 valence electrons. The van der Waals surface area contributed by atoms with E-state index in [1.54, 1.807) is 4.90 Å². The van der Waals surface area contributed by atoms with Crippen LogP contribution in [-0.2, 0) is 0 Å². The van der Waals surface area contributed by atoms with E-state index in [1.807, 2.05) is 24.3 Å². The number of halogens is 1. The number of hydrogen-bond acceptors (Lipinski definition) is 1. The van der Waals surface area contributed by atoms with Crippen LogP contribution in [0.2, 0.25) is 0 Å². The number of quaternary nitrogens is 1. The minimum atomic E-state index is 0.798. The third-order valence-corrected chi connectivity index (χ3v) is 3.42. The summed E-state index contributed by atoms with van der Waals surface area (Å²) in [5.41, 5.74) is 0. The van der Waals surface area contributed by atoms with Gasteiger partial charge in [-0.15, -0.1) is 0 Å². The molecule has 0 aliphatic rings. The number of hydrogen-bond donors (Lipinski definition) is 1. The first-order chi connectivity index (χ1) is 7.77. The molecule has 0 saturated heterocycles. The number of benzene rings is 1. The van der Waals surface area contributed by atoms with Gasteiger partial charge in [-0.25, -0.2) is 0 Å². The molecule has 1 aromatic carbocycles. The summed E-state index contributed by atoms with van der Waals surface area (Å²) >= 11 is 3.47. The molecule has 0 atom stereocenters. The second kappa shape index (κ2) is 7.69. The minimum absolute atomic E-state index is 0.798. The van der Waals surface area contributed by atoms with E-state index in [4.69, 9.17) is 4.74 Å². The lowest BCUT2D eigenvalue weighted by Crippen LogP contribution is -3.11. The molecule has 0 heterocycles. The predicted molar refractivity (Wildman–Crippen MR) is 71.2 cm³/mol. The fourth-order valence-corrected chi connectivity index (χ4v) is 2.07. The van der Waals surface area contributed by atoms with E-state index in [0.29, 0.717) is 0 Å². The molecule has 16 heavy (non-hydrogen) atoms. The van der Waals surface area contributed by atoms with Crippen molar-refractivity contribution in [3.63, 3.8) is 0 Å². The summed E-state index contributed by atoms with van der Waals surface area (Å²) in [7, 11) is 0. The van der Waals surface area contributed by atoms with Gasteiger partial charge in [-0.3, -0.25) is 0 Å².